The summed E-state index contributed by atoms with van der Waals surface area (Å²) >= 11 is 0. The summed E-state index contributed by atoms with van der Waals surface area (Å²) < 4.78 is 13.5. The van der Waals surface area contributed by atoms with Crippen LogP contribution in [0, 0.1) is 17.1 Å². The number of nitrogens with zero attached hydrogens (tertiary/aromatic N) is 2. The van der Waals surface area contributed by atoms with Crippen LogP contribution in [0.15, 0.2) is 18.2 Å². The first-order chi connectivity index (χ1) is 9.60. The minimum Gasteiger partial charge on any atom is -0.399 e. The van der Waals surface area contributed by atoms with Crippen molar-refractivity contribution in [2.24, 2.45) is 0 Å². The largest absolute Gasteiger partial charge is 0.399 e. The van der Waals surface area contributed by atoms with Crippen LogP contribution in [-0.4, -0.2) is 29.9 Å². The number of nitriles is 1. The second-order valence-electron chi connectivity index (χ2n) is 4.90. The van der Waals surface area contributed by atoms with E-state index in [2.05, 4.69) is 11.4 Å². The minimum atomic E-state index is -0.512. The number of hydrogen-bond donors (Lipinski definition) is 2. The second kappa shape index (κ2) is 6.35. The lowest BCUT2D eigenvalue weighted by atomic mass is 10.2. The molecule has 1 amide bonds. The molecule has 0 bridgehead atoms. The molecule has 1 aromatic carbocycles. The highest BCUT2D eigenvalue weighted by molar-refractivity contribution is 5.92. The van der Waals surface area contributed by atoms with Gasteiger partial charge in [-0.25, -0.2) is 4.39 Å². The van der Waals surface area contributed by atoms with E-state index in [9.17, 15) is 9.18 Å². The van der Waals surface area contributed by atoms with Crippen LogP contribution in [0.5, 0.6) is 0 Å². The molecule has 0 saturated heterocycles. The summed E-state index contributed by atoms with van der Waals surface area (Å²) in [5.74, 6) is -0.804. The molecule has 5 nitrogen and oxygen atoms in total. The Kier molecular flexibility index (Phi) is 4.53. The highest BCUT2D eigenvalue weighted by Crippen LogP contribution is 2.26. The fourth-order valence-electron chi connectivity index (χ4n) is 2.04. The number of benzene rings is 1. The van der Waals surface area contributed by atoms with Crippen LogP contribution in [0.2, 0.25) is 0 Å². The van der Waals surface area contributed by atoms with Crippen molar-refractivity contribution in [1.82, 2.24) is 4.90 Å². The number of carbonyl (C=O) groups excluding carboxylic acids is 1. The average molecular weight is 276 g/mol. The van der Waals surface area contributed by atoms with Gasteiger partial charge in [0.05, 0.1) is 18.3 Å². The van der Waals surface area contributed by atoms with Gasteiger partial charge in [-0.05, 0) is 31.0 Å². The number of amides is 1. The number of rotatable bonds is 6. The van der Waals surface area contributed by atoms with E-state index in [0.717, 1.165) is 12.8 Å². The Bertz CT molecular complexity index is 536. The van der Waals surface area contributed by atoms with Gasteiger partial charge in [-0.15, -0.1) is 0 Å². The van der Waals surface area contributed by atoms with E-state index in [1.54, 1.807) is 0 Å². The van der Waals surface area contributed by atoms with Crippen molar-refractivity contribution < 1.29 is 9.18 Å². The van der Waals surface area contributed by atoms with Crippen LogP contribution < -0.4 is 11.1 Å². The van der Waals surface area contributed by atoms with E-state index < -0.39 is 5.82 Å². The van der Waals surface area contributed by atoms with Crippen molar-refractivity contribution in [3.63, 3.8) is 0 Å². The summed E-state index contributed by atoms with van der Waals surface area (Å²) in [6.07, 6.45) is 2.48. The van der Waals surface area contributed by atoms with Gasteiger partial charge in [0.15, 0.2) is 0 Å². The van der Waals surface area contributed by atoms with E-state index >= 15 is 0 Å². The van der Waals surface area contributed by atoms with Gasteiger partial charge in [0.2, 0.25) is 5.91 Å². The number of nitrogen functional groups attached to an aromatic ring is 1. The number of nitrogens with two attached hydrogens (primary N) is 1. The first-order valence-electron chi connectivity index (χ1n) is 6.56. The van der Waals surface area contributed by atoms with Crippen molar-refractivity contribution in [3.8, 4) is 6.07 Å². The van der Waals surface area contributed by atoms with Crippen molar-refractivity contribution in [1.29, 1.82) is 5.26 Å². The van der Waals surface area contributed by atoms with Crippen molar-refractivity contribution >= 4 is 17.3 Å². The zero-order valence-electron chi connectivity index (χ0n) is 11.1. The number of halogens is 1. The fourth-order valence-corrected chi connectivity index (χ4v) is 2.04. The molecule has 0 spiro atoms. The van der Waals surface area contributed by atoms with E-state index in [4.69, 9.17) is 11.0 Å². The van der Waals surface area contributed by atoms with Crippen molar-refractivity contribution in [2.75, 3.05) is 24.1 Å². The molecule has 1 fully saturated rings. The van der Waals surface area contributed by atoms with Gasteiger partial charge in [0, 0.05) is 24.7 Å². The van der Waals surface area contributed by atoms with Gasteiger partial charge < -0.3 is 11.1 Å². The van der Waals surface area contributed by atoms with E-state index in [1.165, 1.54) is 18.2 Å². The summed E-state index contributed by atoms with van der Waals surface area (Å²) in [4.78, 5) is 13.9. The molecule has 1 aliphatic rings. The molecule has 1 aliphatic carbocycles. The lowest BCUT2D eigenvalue weighted by molar-refractivity contribution is -0.117. The smallest absolute Gasteiger partial charge is 0.238 e. The standard InChI is InChI=1S/C14H17FN4O/c15-12-5-2-10(17)8-13(12)18-14(20)9-19(7-1-6-16)11-3-4-11/h2,5,8,11H,1,3-4,7,9,17H2,(H,18,20). The maximum absolute atomic E-state index is 13.5. The third-order valence-electron chi connectivity index (χ3n) is 3.19. The van der Waals surface area contributed by atoms with Gasteiger partial charge >= 0.3 is 0 Å². The van der Waals surface area contributed by atoms with Crippen LogP contribution in [0.4, 0.5) is 15.8 Å². The van der Waals surface area contributed by atoms with E-state index in [-0.39, 0.29) is 18.1 Å². The van der Waals surface area contributed by atoms with Gasteiger partial charge in [-0.2, -0.15) is 5.26 Å². The normalized spacial score (nSPS) is 14.1. The fraction of sp³-hybridized carbons (Fsp3) is 0.429. The molecule has 20 heavy (non-hydrogen) atoms. The number of carbonyl (C=O) groups is 1. The first-order valence-corrected chi connectivity index (χ1v) is 6.56. The predicted molar refractivity (Wildman–Crippen MR) is 74.3 cm³/mol. The van der Waals surface area contributed by atoms with Gasteiger partial charge in [0.25, 0.3) is 0 Å². The van der Waals surface area contributed by atoms with Crippen molar-refractivity contribution in [2.45, 2.75) is 25.3 Å². The summed E-state index contributed by atoms with van der Waals surface area (Å²) in [7, 11) is 0. The van der Waals surface area contributed by atoms with Crippen LogP contribution in [0.1, 0.15) is 19.3 Å². The Morgan fingerprint density at radius 3 is 2.95 bits per heavy atom. The molecule has 6 heteroatoms. The number of nitrogens with one attached hydrogen (secondary N) is 1. The molecule has 0 atom stereocenters. The molecule has 0 radical (unpaired) electrons. The zero-order chi connectivity index (χ0) is 14.5. The highest BCUT2D eigenvalue weighted by atomic mass is 19.1. The molecule has 0 heterocycles. The zero-order valence-corrected chi connectivity index (χ0v) is 11.1. The molecule has 0 aliphatic heterocycles. The summed E-state index contributed by atoms with van der Waals surface area (Å²) in [6, 6.07) is 6.50. The van der Waals surface area contributed by atoms with Gasteiger partial charge in [-0.3, -0.25) is 9.69 Å². The van der Waals surface area contributed by atoms with Crippen LogP contribution in [-0.2, 0) is 4.79 Å². The Morgan fingerprint density at radius 1 is 1.55 bits per heavy atom. The van der Waals surface area contributed by atoms with Crippen LogP contribution in [0.3, 0.4) is 0 Å². The maximum Gasteiger partial charge on any atom is 0.238 e. The lowest BCUT2D eigenvalue weighted by Gasteiger charge is -2.20. The van der Waals surface area contributed by atoms with E-state index in [1.807, 2.05) is 4.90 Å². The predicted octanol–water partition coefficient (Wildman–Crippen LogP) is 1.72. The molecule has 1 aromatic rings. The second-order valence-corrected chi connectivity index (χ2v) is 4.90. The minimum absolute atomic E-state index is 0.0889. The Labute approximate surface area is 117 Å². The lowest BCUT2D eigenvalue weighted by Crippen LogP contribution is -2.35. The molecular weight excluding hydrogens is 259 g/mol. The molecule has 2 rings (SSSR count). The van der Waals surface area contributed by atoms with E-state index in [0.29, 0.717) is 24.7 Å². The maximum atomic E-state index is 13.5. The Balaban J connectivity index is 1.93. The van der Waals surface area contributed by atoms with Gasteiger partial charge in [-0.1, -0.05) is 0 Å². The summed E-state index contributed by atoms with van der Waals surface area (Å²) in [6.45, 7) is 0.731. The average Bonchev–Trinajstić information content (AvgIpc) is 3.23. The third-order valence-corrected chi connectivity index (χ3v) is 3.19. The Hall–Kier alpha value is -2.13. The first kappa shape index (κ1) is 14.3. The SMILES string of the molecule is N#CCCN(CC(=O)Nc1cc(N)ccc1F)C1CC1. The van der Waals surface area contributed by atoms with Gasteiger partial charge in [0.1, 0.15) is 5.82 Å². The molecular formula is C14H17FN4O. The van der Waals surface area contributed by atoms with Crippen molar-refractivity contribution in [3.05, 3.63) is 24.0 Å². The molecule has 1 saturated carbocycles. The summed E-state index contributed by atoms with van der Waals surface area (Å²) in [5, 5.41) is 11.1. The quantitative estimate of drug-likeness (QED) is 0.775. The monoisotopic (exact) mass is 276 g/mol. The molecule has 3 N–H and O–H groups in total. The molecule has 0 aromatic heterocycles. The Morgan fingerprint density at radius 2 is 2.30 bits per heavy atom. The molecule has 106 valence electrons. The summed E-state index contributed by atoms with van der Waals surface area (Å²) in [5.41, 5.74) is 6.05. The topological polar surface area (TPSA) is 82.2 Å². The van der Waals surface area contributed by atoms with Crippen LogP contribution in [0.25, 0.3) is 0 Å². The number of hydrogen-bond acceptors (Lipinski definition) is 4. The third kappa shape index (κ3) is 3.93. The van der Waals surface area contributed by atoms with Crippen LogP contribution >= 0.6 is 0 Å². The number of anilines is 2. The molecule has 0 unspecified atom stereocenters. The highest BCUT2D eigenvalue weighted by Gasteiger charge is 2.29.